The van der Waals surface area contributed by atoms with Gasteiger partial charge in [-0.15, -0.1) is 0 Å². The zero-order valence-corrected chi connectivity index (χ0v) is 21.4. The van der Waals surface area contributed by atoms with E-state index in [1.165, 1.54) is 23.5 Å². The number of halogens is 3. The van der Waals surface area contributed by atoms with E-state index in [2.05, 4.69) is 0 Å². The number of hydrogen-bond donors (Lipinski definition) is 1. The van der Waals surface area contributed by atoms with Crippen LogP contribution < -0.4 is 9.64 Å². The summed E-state index contributed by atoms with van der Waals surface area (Å²) in [6, 6.07) is 14.9. The average molecular weight is 547 g/mol. The number of benzene rings is 3. The lowest BCUT2D eigenvalue weighted by atomic mass is 9.90. The predicted octanol–water partition coefficient (Wildman–Crippen LogP) is 6.34. The van der Waals surface area contributed by atoms with Crippen molar-refractivity contribution in [2.45, 2.75) is 49.5 Å². The number of hydrogen-bond acceptors (Lipinski definition) is 5. The Hall–Kier alpha value is -3.57. The maximum absolute atomic E-state index is 14.1. The summed E-state index contributed by atoms with van der Waals surface area (Å²) in [5, 5.41) is 9.47. The summed E-state index contributed by atoms with van der Waals surface area (Å²) in [4.78, 5) is 13.3. The minimum absolute atomic E-state index is 0.0338. The standard InChI is InChI=1S/C27H25F3N2O5S/c1-3-4-10-24-31(2)38(35,36)23-14-20-19-13-16(26(33)34)11-12-18(19)25(27(28,29)30)37-22(20)15-21(23)32(24)17-8-6-5-7-9-17/h5-9,11-15,24-25H,3-4,10H2,1-2H3,(H,33,34)/t24-,25+/m0/s1. The van der Waals surface area contributed by atoms with Gasteiger partial charge in [-0.3, -0.25) is 0 Å². The molecular weight excluding hydrogens is 521 g/mol. The van der Waals surface area contributed by atoms with Crippen LogP contribution in [-0.4, -0.2) is 43.2 Å². The highest BCUT2D eigenvalue weighted by Gasteiger charge is 2.48. The van der Waals surface area contributed by atoms with Gasteiger partial charge < -0.3 is 14.7 Å². The molecule has 0 radical (unpaired) electrons. The fourth-order valence-corrected chi connectivity index (χ4v) is 6.59. The monoisotopic (exact) mass is 546 g/mol. The molecule has 38 heavy (non-hydrogen) atoms. The number of anilines is 2. The van der Waals surface area contributed by atoms with Crippen molar-refractivity contribution in [3.63, 3.8) is 0 Å². The number of para-hydroxylation sites is 1. The molecule has 1 N–H and O–H groups in total. The molecule has 0 bridgehead atoms. The summed E-state index contributed by atoms with van der Waals surface area (Å²) in [6.45, 7) is 1.99. The molecular formula is C27H25F3N2O5S. The van der Waals surface area contributed by atoms with Crippen molar-refractivity contribution in [3.8, 4) is 16.9 Å². The highest BCUT2D eigenvalue weighted by Crippen LogP contribution is 2.53. The molecule has 0 amide bonds. The average Bonchev–Trinajstić information content (AvgIpc) is 2.88. The fourth-order valence-electron chi connectivity index (χ4n) is 5.07. The first-order valence-electron chi connectivity index (χ1n) is 12.1. The Kier molecular flexibility index (Phi) is 6.39. The molecule has 0 aromatic heterocycles. The van der Waals surface area contributed by atoms with Gasteiger partial charge in [-0.2, -0.15) is 17.5 Å². The van der Waals surface area contributed by atoms with E-state index in [0.717, 1.165) is 31.0 Å². The number of carboxylic acid groups (broad SMARTS) is 1. The van der Waals surface area contributed by atoms with Crippen LogP contribution >= 0.6 is 0 Å². The van der Waals surface area contributed by atoms with Gasteiger partial charge in [0.1, 0.15) is 16.8 Å². The van der Waals surface area contributed by atoms with Crippen LogP contribution in [0.5, 0.6) is 5.75 Å². The Morgan fingerprint density at radius 1 is 1.05 bits per heavy atom. The molecule has 2 aliphatic heterocycles. The third kappa shape index (κ3) is 4.19. The number of alkyl halides is 3. The van der Waals surface area contributed by atoms with E-state index in [4.69, 9.17) is 4.74 Å². The third-order valence-corrected chi connectivity index (χ3v) is 8.85. The summed E-state index contributed by atoms with van der Waals surface area (Å²) < 4.78 is 76.5. The van der Waals surface area contributed by atoms with Gasteiger partial charge in [0.15, 0.2) is 0 Å². The predicted molar refractivity (Wildman–Crippen MR) is 135 cm³/mol. The van der Waals surface area contributed by atoms with Crippen molar-refractivity contribution in [1.82, 2.24) is 4.31 Å². The van der Waals surface area contributed by atoms with Gasteiger partial charge in [0, 0.05) is 29.9 Å². The second kappa shape index (κ2) is 9.32. The second-order valence-electron chi connectivity index (χ2n) is 9.31. The van der Waals surface area contributed by atoms with E-state index in [1.54, 1.807) is 12.1 Å². The molecule has 0 spiro atoms. The minimum atomic E-state index is -4.79. The van der Waals surface area contributed by atoms with Crippen LogP contribution in [0.2, 0.25) is 0 Å². The lowest BCUT2D eigenvalue weighted by Crippen LogP contribution is -2.51. The number of rotatable bonds is 5. The van der Waals surface area contributed by atoms with Crippen LogP contribution in [0.25, 0.3) is 11.1 Å². The van der Waals surface area contributed by atoms with Crippen molar-refractivity contribution < 1.29 is 36.2 Å². The summed E-state index contributed by atoms with van der Waals surface area (Å²) in [6.07, 6.45) is -5.69. The molecule has 0 aliphatic carbocycles. The Morgan fingerprint density at radius 3 is 2.39 bits per heavy atom. The molecule has 0 saturated heterocycles. The SMILES string of the molecule is CCCC[C@@H]1N(c2ccccc2)c2cc3c(cc2S(=O)(=O)N1C)-c1cc(C(=O)O)ccc1[C@H](C(F)(F)F)O3. The van der Waals surface area contributed by atoms with Gasteiger partial charge in [-0.1, -0.05) is 44.0 Å². The van der Waals surface area contributed by atoms with E-state index in [0.29, 0.717) is 12.1 Å². The normalized spacial score (nSPS) is 20.2. The van der Waals surface area contributed by atoms with E-state index in [-0.39, 0.29) is 38.6 Å². The number of carbonyl (C=O) groups is 1. The molecule has 3 aromatic carbocycles. The third-order valence-electron chi connectivity index (χ3n) is 6.96. The zero-order chi connectivity index (χ0) is 27.4. The highest BCUT2D eigenvalue weighted by atomic mass is 32.2. The van der Waals surface area contributed by atoms with Crippen molar-refractivity contribution in [3.05, 3.63) is 71.8 Å². The van der Waals surface area contributed by atoms with E-state index >= 15 is 0 Å². The number of sulfonamides is 1. The van der Waals surface area contributed by atoms with Crippen LogP contribution in [0.4, 0.5) is 24.5 Å². The van der Waals surface area contributed by atoms with Gasteiger partial charge in [-0.05, 0) is 42.3 Å². The van der Waals surface area contributed by atoms with Gasteiger partial charge >= 0.3 is 12.1 Å². The van der Waals surface area contributed by atoms with Crippen LogP contribution in [0, 0.1) is 0 Å². The first-order valence-corrected chi connectivity index (χ1v) is 13.5. The number of nitrogens with zero attached hydrogens (tertiary/aromatic N) is 2. The molecule has 0 fully saturated rings. The van der Waals surface area contributed by atoms with Gasteiger partial charge in [-0.25, -0.2) is 13.2 Å². The summed E-state index contributed by atoms with van der Waals surface area (Å²) in [7, 11) is -2.56. The molecule has 200 valence electrons. The maximum Gasteiger partial charge on any atom is 0.429 e. The Labute approximate surface area is 218 Å². The van der Waals surface area contributed by atoms with Crippen molar-refractivity contribution in [1.29, 1.82) is 0 Å². The summed E-state index contributed by atoms with van der Waals surface area (Å²) in [5.41, 5.74) is 0.423. The smallest absolute Gasteiger partial charge is 0.429 e. The van der Waals surface area contributed by atoms with E-state index in [9.17, 15) is 31.5 Å². The Morgan fingerprint density at radius 2 is 1.76 bits per heavy atom. The zero-order valence-electron chi connectivity index (χ0n) is 20.6. The topological polar surface area (TPSA) is 87.2 Å². The van der Waals surface area contributed by atoms with Crippen LogP contribution in [0.1, 0.15) is 48.2 Å². The maximum atomic E-state index is 14.1. The molecule has 2 aliphatic rings. The number of fused-ring (bicyclic) bond motifs is 4. The molecule has 0 unspecified atom stereocenters. The summed E-state index contributed by atoms with van der Waals surface area (Å²) >= 11 is 0. The first kappa shape index (κ1) is 26.1. The van der Waals surface area contributed by atoms with Gasteiger partial charge in [0.2, 0.25) is 16.1 Å². The van der Waals surface area contributed by atoms with Crippen LogP contribution in [0.15, 0.2) is 65.6 Å². The largest absolute Gasteiger partial charge is 0.478 e. The lowest BCUT2D eigenvalue weighted by molar-refractivity contribution is -0.198. The van der Waals surface area contributed by atoms with Gasteiger partial charge in [0.05, 0.1) is 11.3 Å². The van der Waals surface area contributed by atoms with E-state index in [1.807, 2.05) is 30.0 Å². The molecule has 3 aromatic rings. The summed E-state index contributed by atoms with van der Waals surface area (Å²) in [5.74, 6) is -1.49. The molecule has 11 heteroatoms. The molecule has 0 saturated carbocycles. The highest BCUT2D eigenvalue weighted by molar-refractivity contribution is 7.89. The number of carboxylic acids is 1. The van der Waals surface area contributed by atoms with Gasteiger partial charge in [0.25, 0.3) is 0 Å². The minimum Gasteiger partial charge on any atom is -0.478 e. The quantitative estimate of drug-likeness (QED) is 0.402. The van der Waals surface area contributed by atoms with Crippen molar-refractivity contribution in [2.75, 3.05) is 11.9 Å². The second-order valence-corrected chi connectivity index (χ2v) is 11.3. The molecule has 5 rings (SSSR count). The first-order chi connectivity index (χ1) is 17.9. The Balaban J connectivity index is 1.79. The van der Waals surface area contributed by atoms with Crippen molar-refractivity contribution in [2.24, 2.45) is 0 Å². The van der Waals surface area contributed by atoms with Crippen LogP contribution in [0.3, 0.4) is 0 Å². The number of ether oxygens (including phenoxy) is 1. The number of unbranched alkanes of at least 4 members (excludes halogenated alkanes) is 1. The molecule has 2 atom stereocenters. The van der Waals surface area contributed by atoms with Crippen molar-refractivity contribution >= 4 is 27.4 Å². The fraction of sp³-hybridized carbons (Fsp3) is 0.296. The van der Waals surface area contributed by atoms with E-state index < -0.39 is 34.4 Å². The number of aromatic carboxylic acids is 1. The molecule has 7 nitrogen and oxygen atoms in total. The van der Waals surface area contributed by atoms with Crippen LogP contribution in [-0.2, 0) is 10.0 Å². The lowest BCUT2D eigenvalue weighted by Gasteiger charge is -2.44. The Bertz CT molecular complexity index is 1510. The molecule has 2 heterocycles.